The fourth-order valence-electron chi connectivity index (χ4n) is 1.42. The maximum absolute atomic E-state index is 13.4. The lowest BCUT2D eigenvalue weighted by Gasteiger charge is -2.22. The Morgan fingerprint density at radius 3 is 2.44 bits per heavy atom. The number of amides is 1. The van der Waals surface area contributed by atoms with Crippen molar-refractivity contribution in [3.8, 4) is 0 Å². The number of hydrogen-bond acceptors (Lipinski definition) is 2. The second-order valence-electron chi connectivity index (χ2n) is 3.67. The molecule has 1 aromatic rings. The number of halogens is 4. The summed E-state index contributed by atoms with van der Waals surface area (Å²) in [5.41, 5.74) is 4.97. The van der Waals surface area contributed by atoms with Gasteiger partial charge in [0.05, 0.1) is 5.56 Å². The van der Waals surface area contributed by atoms with Gasteiger partial charge >= 0.3 is 6.18 Å². The molecule has 3 nitrogen and oxygen atoms in total. The summed E-state index contributed by atoms with van der Waals surface area (Å²) in [6, 6.07) is 3.23. The van der Waals surface area contributed by atoms with Gasteiger partial charge in [-0.15, -0.1) is 0 Å². The lowest BCUT2D eigenvalue weighted by molar-refractivity contribution is -0.140. The molecule has 1 aromatic carbocycles. The molecule has 0 aliphatic heterocycles. The number of rotatable bonds is 3. The number of anilines is 1. The predicted molar refractivity (Wildman–Crippen MR) is 58.4 cm³/mol. The molecule has 0 saturated carbocycles. The molecule has 0 aromatic heterocycles. The van der Waals surface area contributed by atoms with Crippen molar-refractivity contribution in [1.29, 1.82) is 0 Å². The Morgan fingerprint density at radius 1 is 1.39 bits per heavy atom. The number of nitrogens with two attached hydrogens (primary N) is 1. The minimum atomic E-state index is -4.52. The minimum Gasteiger partial charge on any atom is -0.399 e. The smallest absolute Gasteiger partial charge is 0.399 e. The maximum atomic E-state index is 13.4. The molecule has 2 N–H and O–H groups in total. The van der Waals surface area contributed by atoms with E-state index in [1.807, 2.05) is 0 Å². The van der Waals surface area contributed by atoms with Gasteiger partial charge in [-0.1, -0.05) is 0 Å². The van der Waals surface area contributed by atoms with E-state index in [4.69, 9.17) is 5.73 Å². The molecule has 0 unspecified atom stereocenters. The minimum absolute atomic E-state index is 0.0999. The van der Waals surface area contributed by atoms with Gasteiger partial charge in [0.15, 0.2) is 0 Å². The highest BCUT2D eigenvalue weighted by molar-refractivity contribution is 5.94. The van der Waals surface area contributed by atoms with Crippen LogP contribution in [0.4, 0.5) is 23.2 Å². The number of nitrogens with zero attached hydrogens (tertiary/aromatic N) is 1. The van der Waals surface area contributed by atoms with Crippen LogP contribution in [0.1, 0.15) is 17.3 Å². The Morgan fingerprint density at radius 2 is 2.00 bits per heavy atom. The number of carbonyl (C=O) groups is 1. The maximum Gasteiger partial charge on any atom is 0.406 e. The topological polar surface area (TPSA) is 46.3 Å². The van der Waals surface area contributed by atoms with Gasteiger partial charge in [0.25, 0.3) is 5.91 Å². The SMILES string of the molecule is CCN(CC(F)(F)F)C(=O)c1ccc(N)cc1F. The van der Waals surface area contributed by atoms with Crippen LogP contribution in [0.2, 0.25) is 0 Å². The van der Waals surface area contributed by atoms with Crippen molar-refractivity contribution in [3.05, 3.63) is 29.6 Å². The Bertz CT molecular complexity index is 445. The van der Waals surface area contributed by atoms with E-state index in [2.05, 4.69) is 0 Å². The number of nitrogen functional groups attached to an aromatic ring is 1. The van der Waals surface area contributed by atoms with Gasteiger partial charge in [-0.25, -0.2) is 4.39 Å². The summed E-state index contributed by atoms with van der Waals surface area (Å²) in [7, 11) is 0. The van der Waals surface area contributed by atoms with E-state index in [0.29, 0.717) is 4.90 Å². The van der Waals surface area contributed by atoms with E-state index in [1.54, 1.807) is 0 Å². The lowest BCUT2D eigenvalue weighted by Crippen LogP contribution is -2.39. The number of alkyl halides is 3. The van der Waals surface area contributed by atoms with Crippen LogP contribution in [0.5, 0.6) is 0 Å². The molecule has 100 valence electrons. The van der Waals surface area contributed by atoms with E-state index >= 15 is 0 Å². The van der Waals surface area contributed by atoms with Gasteiger partial charge in [-0.2, -0.15) is 13.2 Å². The van der Waals surface area contributed by atoms with Crippen LogP contribution in [0.3, 0.4) is 0 Å². The third kappa shape index (κ3) is 3.61. The molecule has 1 amide bonds. The lowest BCUT2D eigenvalue weighted by atomic mass is 10.1. The molecular formula is C11H12F4N2O. The first-order valence-corrected chi connectivity index (χ1v) is 5.15. The van der Waals surface area contributed by atoms with E-state index < -0.39 is 30.0 Å². The monoisotopic (exact) mass is 264 g/mol. The molecule has 0 spiro atoms. The molecule has 0 saturated heterocycles. The van der Waals surface area contributed by atoms with Crippen molar-refractivity contribution in [1.82, 2.24) is 4.90 Å². The Kier molecular flexibility index (Phi) is 4.15. The van der Waals surface area contributed by atoms with Crippen LogP contribution >= 0.6 is 0 Å². The number of carbonyl (C=O) groups excluding carboxylic acids is 1. The molecule has 0 bridgehead atoms. The highest BCUT2D eigenvalue weighted by Gasteiger charge is 2.33. The number of hydrogen-bond donors (Lipinski definition) is 1. The second-order valence-corrected chi connectivity index (χ2v) is 3.67. The Labute approximate surface area is 101 Å². The zero-order chi connectivity index (χ0) is 13.9. The molecule has 0 aliphatic carbocycles. The van der Waals surface area contributed by atoms with Gasteiger partial charge in [0.1, 0.15) is 12.4 Å². The highest BCUT2D eigenvalue weighted by Crippen LogP contribution is 2.19. The first kappa shape index (κ1) is 14.3. The van der Waals surface area contributed by atoms with Gasteiger partial charge in [-0.3, -0.25) is 4.79 Å². The van der Waals surface area contributed by atoms with E-state index in [9.17, 15) is 22.4 Å². The Balaban J connectivity index is 2.97. The zero-order valence-corrected chi connectivity index (χ0v) is 9.59. The van der Waals surface area contributed by atoms with Gasteiger partial charge < -0.3 is 10.6 Å². The first-order chi connectivity index (χ1) is 8.24. The van der Waals surface area contributed by atoms with Crippen LogP contribution < -0.4 is 5.73 Å². The largest absolute Gasteiger partial charge is 0.406 e. The van der Waals surface area contributed by atoms with E-state index in [-0.39, 0.29) is 12.2 Å². The summed E-state index contributed by atoms with van der Waals surface area (Å²) < 4.78 is 50.1. The van der Waals surface area contributed by atoms with Crippen LogP contribution in [-0.2, 0) is 0 Å². The van der Waals surface area contributed by atoms with Crippen LogP contribution in [0.25, 0.3) is 0 Å². The summed E-state index contributed by atoms with van der Waals surface area (Å²) in [5, 5.41) is 0. The summed E-state index contributed by atoms with van der Waals surface area (Å²) in [5.74, 6) is -1.94. The molecule has 1 rings (SSSR count). The molecule has 0 atom stereocenters. The summed E-state index contributed by atoms with van der Waals surface area (Å²) >= 11 is 0. The molecule has 18 heavy (non-hydrogen) atoms. The van der Waals surface area contributed by atoms with Crippen LogP contribution in [-0.4, -0.2) is 30.1 Å². The molecule has 0 radical (unpaired) electrons. The van der Waals surface area contributed by atoms with Gasteiger partial charge in [0.2, 0.25) is 0 Å². The van der Waals surface area contributed by atoms with E-state index in [1.165, 1.54) is 13.0 Å². The van der Waals surface area contributed by atoms with Gasteiger partial charge in [-0.05, 0) is 25.1 Å². The quantitative estimate of drug-likeness (QED) is 0.673. The summed E-state index contributed by atoms with van der Waals surface area (Å²) in [6.45, 7) is -0.187. The third-order valence-corrected chi connectivity index (χ3v) is 2.26. The molecule has 7 heteroatoms. The fourth-order valence-corrected chi connectivity index (χ4v) is 1.42. The van der Waals surface area contributed by atoms with Crippen molar-refractivity contribution in [2.24, 2.45) is 0 Å². The molecule has 0 aliphatic rings. The summed E-state index contributed by atoms with van der Waals surface area (Å²) in [4.78, 5) is 12.3. The van der Waals surface area contributed by atoms with Crippen LogP contribution in [0, 0.1) is 5.82 Å². The molecular weight excluding hydrogens is 252 g/mol. The zero-order valence-electron chi connectivity index (χ0n) is 9.59. The van der Waals surface area contributed by atoms with Crippen molar-refractivity contribution in [2.45, 2.75) is 13.1 Å². The standard InChI is InChI=1S/C11H12F4N2O/c1-2-17(6-11(13,14)15)10(18)8-4-3-7(16)5-9(8)12/h3-5H,2,6,16H2,1H3. The predicted octanol–water partition coefficient (Wildman–Crippen LogP) is 2.43. The second kappa shape index (κ2) is 5.24. The third-order valence-electron chi connectivity index (χ3n) is 2.26. The average molecular weight is 264 g/mol. The van der Waals surface area contributed by atoms with Crippen molar-refractivity contribution in [2.75, 3.05) is 18.8 Å². The normalized spacial score (nSPS) is 11.4. The van der Waals surface area contributed by atoms with E-state index in [0.717, 1.165) is 12.1 Å². The number of benzene rings is 1. The highest BCUT2D eigenvalue weighted by atomic mass is 19.4. The summed E-state index contributed by atoms with van der Waals surface area (Å²) in [6.07, 6.45) is -4.52. The first-order valence-electron chi connectivity index (χ1n) is 5.15. The molecule has 0 heterocycles. The van der Waals surface area contributed by atoms with Gasteiger partial charge in [0, 0.05) is 12.2 Å². The van der Waals surface area contributed by atoms with Crippen molar-refractivity contribution >= 4 is 11.6 Å². The van der Waals surface area contributed by atoms with Crippen molar-refractivity contribution < 1.29 is 22.4 Å². The van der Waals surface area contributed by atoms with Crippen molar-refractivity contribution in [3.63, 3.8) is 0 Å². The average Bonchev–Trinajstić information content (AvgIpc) is 2.24. The Hall–Kier alpha value is -1.79. The molecule has 0 fully saturated rings. The van der Waals surface area contributed by atoms with Crippen LogP contribution in [0.15, 0.2) is 18.2 Å². The fraction of sp³-hybridized carbons (Fsp3) is 0.364.